The van der Waals surface area contributed by atoms with Gasteiger partial charge in [-0.05, 0) is 48.2 Å². The molecular formula is C22H29NO5S. The lowest BCUT2D eigenvalue weighted by molar-refractivity contribution is 0.277. The first-order chi connectivity index (χ1) is 13.9. The van der Waals surface area contributed by atoms with E-state index in [1.165, 1.54) is 4.31 Å². The molecule has 0 radical (unpaired) electrons. The Kier molecular flexibility index (Phi) is 8.70. The number of aliphatic hydroxyl groups is 1. The molecule has 0 spiro atoms. The van der Waals surface area contributed by atoms with Gasteiger partial charge in [-0.1, -0.05) is 30.3 Å². The molecule has 0 aliphatic rings. The Hall–Kier alpha value is -2.35. The lowest BCUT2D eigenvalue weighted by Gasteiger charge is -2.27. The van der Waals surface area contributed by atoms with E-state index < -0.39 is 21.9 Å². The molecule has 0 bridgehead atoms. The summed E-state index contributed by atoms with van der Waals surface area (Å²) >= 11 is 0. The molecule has 0 aromatic heterocycles. The quantitative estimate of drug-likeness (QED) is 0.534. The van der Waals surface area contributed by atoms with Crippen LogP contribution in [0.1, 0.15) is 24.0 Å². The minimum Gasteiger partial charge on any atom is -0.497 e. The lowest BCUT2D eigenvalue weighted by Crippen LogP contribution is -2.39. The number of aliphatic hydroxyl groups excluding tert-OH is 1. The maximum atomic E-state index is 13.3. The summed E-state index contributed by atoms with van der Waals surface area (Å²) < 4.78 is 38.4. The second-order valence-corrected chi connectivity index (χ2v) is 8.89. The number of allylic oxidation sites excluding steroid dienone is 1. The van der Waals surface area contributed by atoms with Crippen molar-refractivity contribution in [2.75, 3.05) is 20.8 Å². The molecule has 0 aliphatic heterocycles. The molecule has 0 aliphatic carbocycles. The zero-order chi connectivity index (χ0) is 21.3. The van der Waals surface area contributed by atoms with Crippen molar-refractivity contribution in [2.45, 2.75) is 31.2 Å². The SMILES string of the molecule is C=CCCC(CO)S(=O)(=O)N(Cc1ccc(OC)cc1)Cc1ccc(OC)cc1. The monoisotopic (exact) mass is 419 g/mol. The van der Waals surface area contributed by atoms with Crippen LogP contribution in [0.3, 0.4) is 0 Å². The van der Waals surface area contributed by atoms with Gasteiger partial charge in [-0.25, -0.2) is 8.42 Å². The molecule has 2 rings (SSSR count). The Morgan fingerprint density at radius 1 is 0.966 bits per heavy atom. The highest BCUT2D eigenvalue weighted by molar-refractivity contribution is 7.89. The highest BCUT2D eigenvalue weighted by Crippen LogP contribution is 2.22. The normalized spacial score (nSPS) is 12.6. The van der Waals surface area contributed by atoms with Gasteiger partial charge in [0.15, 0.2) is 0 Å². The largest absolute Gasteiger partial charge is 0.497 e. The van der Waals surface area contributed by atoms with Crippen LogP contribution in [-0.4, -0.2) is 43.9 Å². The first kappa shape index (κ1) is 22.9. The summed E-state index contributed by atoms with van der Waals surface area (Å²) in [5, 5.41) is 8.85. The zero-order valence-corrected chi connectivity index (χ0v) is 17.8. The molecule has 0 heterocycles. The number of nitrogens with zero attached hydrogens (tertiary/aromatic N) is 1. The molecule has 1 atom stereocenters. The fourth-order valence-electron chi connectivity index (χ4n) is 2.95. The molecular weight excluding hydrogens is 390 g/mol. The third-order valence-corrected chi connectivity index (χ3v) is 6.92. The Morgan fingerprint density at radius 2 is 1.41 bits per heavy atom. The van der Waals surface area contributed by atoms with Gasteiger partial charge in [0, 0.05) is 13.1 Å². The van der Waals surface area contributed by atoms with E-state index in [1.807, 2.05) is 24.3 Å². The molecule has 2 aromatic rings. The summed E-state index contributed by atoms with van der Waals surface area (Å²) in [6.07, 6.45) is 2.50. The second-order valence-electron chi connectivity index (χ2n) is 6.68. The van der Waals surface area contributed by atoms with E-state index in [9.17, 15) is 13.5 Å². The molecule has 1 unspecified atom stereocenters. The molecule has 0 saturated heterocycles. The van der Waals surface area contributed by atoms with E-state index in [1.54, 1.807) is 44.6 Å². The van der Waals surface area contributed by atoms with Crippen molar-refractivity contribution < 1.29 is 23.0 Å². The van der Waals surface area contributed by atoms with Crippen LogP contribution in [0.5, 0.6) is 11.5 Å². The van der Waals surface area contributed by atoms with Crippen LogP contribution in [0.4, 0.5) is 0 Å². The molecule has 7 heteroatoms. The van der Waals surface area contributed by atoms with Crippen molar-refractivity contribution >= 4 is 10.0 Å². The average molecular weight is 420 g/mol. The smallest absolute Gasteiger partial charge is 0.219 e. The van der Waals surface area contributed by atoms with Crippen LogP contribution in [0.25, 0.3) is 0 Å². The third-order valence-electron chi connectivity index (χ3n) is 4.71. The predicted molar refractivity (Wildman–Crippen MR) is 114 cm³/mol. The van der Waals surface area contributed by atoms with Crippen molar-refractivity contribution in [3.05, 3.63) is 72.3 Å². The Morgan fingerprint density at radius 3 is 1.76 bits per heavy atom. The summed E-state index contributed by atoms with van der Waals surface area (Å²) in [6, 6.07) is 14.6. The number of ether oxygens (including phenoxy) is 2. The number of hydrogen-bond donors (Lipinski definition) is 1. The standard InChI is InChI=1S/C22H29NO5S/c1-4-5-6-22(17-24)29(25,26)23(15-18-7-11-20(27-2)12-8-18)16-19-9-13-21(28-3)14-10-19/h4,7-14,22,24H,1,5-6,15-17H2,2-3H3. The van der Waals surface area contributed by atoms with Gasteiger partial charge in [-0.3, -0.25) is 0 Å². The highest BCUT2D eigenvalue weighted by atomic mass is 32.2. The van der Waals surface area contributed by atoms with Crippen molar-refractivity contribution in [1.29, 1.82) is 0 Å². The maximum Gasteiger partial charge on any atom is 0.219 e. The molecule has 1 N–H and O–H groups in total. The highest BCUT2D eigenvalue weighted by Gasteiger charge is 2.31. The first-order valence-electron chi connectivity index (χ1n) is 9.41. The van der Waals surface area contributed by atoms with Crippen LogP contribution < -0.4 is 9.47 Å². The lowest BCUT2D eigenvalue weighted by atomic mass is 10.2. The second kappa shape index (κ2) is 11.0. The van der Waals surface area contributed by atoms with Gasteiger partial charge < -0.3 is 14.6 Å². The average Bonchev–Trinajstić information content (AvgIpc) is 2.74. The van der Waals surface area contributed by atoms with Gasteiger partial charge in [0.25, 0.3) is 0 Å². The first-order valence-corrected chi connectivity index (χ1v) is 10.9. The van der Waals surface area contributed by atoms with E-state index in [0.29, 0.717) is 24.3 Å². The summed E-state index contributed by atoms with van der Waals surface area (Å²) in [5.74, 6) is 1.41. The van der Waals surface area contributed by atoms with E-state index in [0.717, 1.165) is 11.1 Å². The van der Waals surface area contributed by atoms with Crippen molar-refractivity contribution in [2.24, 2.45) is 0 Å². The third kappa shape index (κ3) is 6.32. The number of benzene rings is 2. The van der Waals surface area contributed by atoms with Crippen molar-refractivity contribution in [3.8, 4) is 11.5 Å². The summed E-state index contributed by atoms with van der Waals surface area (Å²) in [7, 11) is -0.572. The van der Waals surface area contributed by atoms with Crippen LogP contribution in [0.2, 0.25) is 0 Å². The van der Waals surface area contributed by atoms with Gasteiger partial charge in [-0.2, -0.15) is 4.31 Å². The minimum atomic E-state index is -3.74. The molecule has 158 valence electrons. The molecule has 0 saturated carbocycles. The Bertz CT molecular complexity index is 814. The van der Waals surface area contributed by atoms with Gasteiger partial charge >= 0.3 is 0 Å². The number of hydrogen-bond acceptors (Lipinski definition) is 5. The fourth-order valence-corrected chi connectivity index (χ4v) is 4.66. The van der Waals surface area contributed by atoms with Gasteiger partial charge in [0.1, 0.15) is 11.5 Å². The number of rotatable bonds is 12. The minimum absolute atomic E-state index is 0.197. The van der Waals surface area contributed by atoms with Crippen molar-refractivity contribution in [1.82, 2.24) is 4.31 Å². The summed E-state index contributed by atoms with van der Waals surface area (Å²) in [6.45, 7) is 3.61. The van der Waals surface area contributed by atoms with Crippen LogP contribution in [0.15, 0.2) is 61.2 Å². The van der Waals surface area contributed by atoms with Crippen molar-refractivity contribution in [3.63, 3.8) is 0 Å². The molecule has 2 aromatic carbocycles. The van der Waals surface area contributed by atoms with Gasteiger partial charge in [0.05, 0.1) is 26.1 Å². The van der Waals surface area contributed by atoms with Gasteiger partial charge in [-0.15, -0.1) is 6.58 Å². The molecule has 29 heavy (non-hydrogen) atoms. The van der Waals surface area contributed by atoms with E-state index in [4.69, 9.17) is 9.47 Å². The number of methoxy groups -OCH3 is 2. The Labute approximate surface area is 173 Å². The summed E-state index contributed by atoms with van der Waals surface area (Å²) in [4.78, 5) is 0. The van der Waals surface area contributed by atoms with Crippen LogP contribution in [0, 0.1) is 0 Å². The van der Waals surface area contributed by atoms with Crippen LogP contribution in [-0.2, 0) is 23.1 Å². The topological polar surface area (TPSA) is 76.1 Å². The summed E-state index contributed by atoms with van der Waals surface area (Å²) in [5.41, 5.74) is 1.67. The zero-order valence-electron chi connectivity index (χ0n) is 17.0. The van der Waals surface area contributed by atoms with E-state index in [-0.39, 0.29) is 13.1 Å². The van der Waals surface area contributed by atoms with E-state index >= 15 is 0 Å². The van der Waals surface area contributed by atoms with E-state index in [2.05, 4.69) is 6.58 Å². The van der Waals surface area contributed by atoms with Gasteiger partial charge in [0.2, 0.25) is 10.0 Å². The Balaban J connectivity index is 2.32. The number of sulfonamides is 1. The molecule has 0 amide bonds. The van der Waals surface area contributed by atoms with Crippen LogP contribution >= 0.6 is 0 Å². The maximum absolute atomic E-state index is 13.3. The fraction of sp³-hybridized carbons (Fsp3) is 0.364. The molecule has 6 nitrogen and oxygen atoms in total. The molecule has 0 fully saturated rings. The predicted octanol–water partition coefficient (Wildman–Crippen LogP) is 3.36.